The van der Waals surface area contributed by atoms with Crippen molar-refractivity contribution < 1.29 is 0 Å². The van der Waals surface area contributed by atoms with E-state index in [1.54, 1.807) is 10.4 Å². The van der Waals surface area contributed by atoms with E-state index in [-0.39, 0.29) is 0 Å². The van der Waals surface area contributed by atoms with Gasteiger partial charge in [-0.25, -0.2) is 0 Å². The summed E-state index contributed by atoms with van der Waals surface area (Å²) in [6.07, 6.45) is 5.27. The summed E-state index contributed by atoms with van der Waals surface area (Å²) in [5, 5.41) is 3.81. The van der Waals surface area contributed by atoms with Crippen LogP contribution in [0.5, 0.6) is 0 Å². The Labute approximate surface area is 122 Å². The molecule has 2 aliphatic rings. The molecule has 1 saturated heterocycles. The van der Waals surface area contributed by atoms with Gasteiger partial charge in [0.1, 0.15) is 0 Å². The lowest BCUT2D eigenvalue weighted by molar-refractivity contribution is 0.370. The topological polar surface area (TPSA) is 15.3 Å². The van der Waals surface area contributed by atoms with Gasteiger partial charge >= 0.3 is 0 Å². The Balaban J connectivity index is 1.60. The van der Waals surface area contributed by atoms with Crippen LogP contribution in [-0.4, -0.2) is 31.6 Å². The van der Waals surface area contributed by atoms with E-state index in [0.29, 0.717) is 6.04 Å². The zero-order chi connectivity index (χ0) is 12.5. The number of thiophene rings is 1. The van der Waals surface area contributed by atoms with Crippen LogP contribution in [-0.2, 0) is 6.42 Å². The zero-order valence-electron chi connectivity index (χ0n) is 10.9. The van der Waals surface area contributed by atoms with E-state index in [2.05, 4.69) is 39.3 Å². The lowest BCUT2D eigenvalue weighted by atomic mass is 9.93. The summed E-state index contributed by atoms with van der Waals surface area (Å²) in [6.45, 7) is 3.72. The molecule has 2 nitrogen and oxygen atoms in total. The van der Waals surface area contributed by atoms with Crippen LogP contribution >= 0.6 is 27.3 Å². The van der Waals surface area contributed by atoms with Crippen LogP contribution in [0.15, 0.2) is 9.85 Å². The van der Waals surface area contributed by atoms with E-state index < -0.39 is 0 Å². The second-order valence-electron chi connectivity index (χ2n) is 5.70. The third kappa shape index (κ3) is 2.82. The van der Waals surface area contributed by atoms with Crippen molar-refractivity contribution in [1.29, 1.82) is 0 Å². The number of hydrogen-bond acceptors (Lipinski definition) is 3. The van der Waals surface area contributed by atoms with Gasteiger partial charge in [0.05, 0.1) is 3.79 Å². The van der Waals surface area contributed by atoms with Crippen molar-refractivity contribution in [3.63, 3.8) is 0 Å². The highest BCUT2D eigenvalue weighted by Gasteiger charge is 2.25. The number of likely N-dealkylation sites (tertiary alicyclic amines) is 1. The summed E-state index contributed by atoms with van der Waals surface area (Å²) in [5.74, 6) is 0.849. The minimum atomic E-state index is 0.599. The van der Waals surface area contributed by atoms with Crippen molar-refractivity contribution in [1.82, 2.24) is 10.2 Å². The Kier molecular flexibility index (Phi) is 4.09. The predicted molar refractivity (Wildman–Crippen MR) is 81.3 cm³/mol. The number of nitrogens with zero attached hydrogens (tertiary/aromatic N) is 1. The Morgan fingerprint density at radius 1 is 1.50 bits per heavy atom. The Morgan fingerprint density at radius 2 is 2.39 bits per heavy atom. The monoisotopic (exact) mass is 328 g/mol. The fourth-order valence-electron chi connectivity index (χ4n) is 3.24. The molecule has 1 aliphatic heterocycles. The molecule has 2 atom stereocenters. The van der Waals surface area contributed by atoms with Crippen molar-refractivity contribution in [2.45, 2.75) is 31.7 Å². The van der Waals surface area contributed by atoms with Crippen molar-refractivity contribution in [2.75, 3.05) is 26.7 Å². The van der Waals surface area contributed by atoms with E-state index in [4.69, 9.17) is 0 Å². The lowest BCUT2D eigenvalue weighted by Gasteiger charge is -2.25. The van der Waals surface area contributed by atoms with Gasteiger partial charge in [-0.2, -0.15) is 0 Å². The van der Waals surface area contributed by atoms with Crippen molar-refractivity contribution in [3.8, 4) is 0 Å². The maximum absolute atomic E-state index is 3.81. The summed E-state index contributed by atoms with van der Waals surface area (Å²) in [5.41, 5.74) is 1.56. The second kappa shape index (κ2) is 5.61. The molecule has 1 aromatic heterocycles. The van der Waals surface area contributed by atoms with Gasteiger partial charge in [0.2, 0.25) is 0 Å². The third-order valence-electron chi connectivity index (χ3n) is 4.23. The van der Waals surface area contributed by atoms with Crippen LogP contribution < -0.4 is 5.32 Å². The standard InChI is InChI=1S/C14H21BrN2S/c1-17-6-5-10(9-17)8-16-12-3-2-4-13-11(12)7-14(15)18-13/h7,10,12,16H,2-6,8-9H2,1H3. The van der Waals surface area contributed by atoms with Gasteiger partial charge in [-0.1, -0.05) is 0 Å². The average molecular weight is 329 g/mol. The van der Waals surface area contributed by atoms with E-state index in [1.807, 2.05) is 11.3 Å². The molecule has 1 N–H and O–H groups in total. The zero-order valence-corrected chi connectivity index (χ0v) is 13.3. The van der Waals surface area contributed by atoms with Gasteiger partial charge in [0, 0.05) is 17.5 Å². The molecule has 0 bridgehead atoms. The largest absolute Gasteiger partial charge is 0.310 e. The van der Waals surface area contributed by atoms with Crippen molar-refractivity contribution in [3.05, 3.63) is 20.3 Å². The minimum Gasteiger partial charge on any atom is -0.310 e. The maximum atomic E-state index is 3.81. The Hall–Kier alpha value is 0.100. The quantitative estimate of drug-likeness (QED) is 0.914. The van der Waals surface area contributed by atoms with E-state index >= 15 is 0 Å². The van der Waals surface area contributed by atoms with Crippen LogP contribution in [0.4, 0.5) is 0 Å². The molecule has 0 spiro atoms. The van der Waals surface area contributed by atoms with Crippen LogP contribution in [0.2, 0.25) is 0 Å². The molecule has 0 saturated carbocycles. The molecule has 0 radical (unpaired) electrons. The van der Waals surface area contributed by atoms with Crippen LogP contribution in [0.25, 0.3) is 0 Å². The molecule has 2 heterocycles. The Morgan fingerprint density at radius 3 is 3.17 bits per heavy atom. The smallest absolute Gasteiger partial charge is 0.0704 e. The first-order valence-electron chi connectivity index (χ1n) is 6.92. The van der Waals surface area contributed by atoms with Gasteiger partial charge in [0.25, 0.3) is 0 Å². The van der Waals surface area contributed by atoms with E-state index in [0.717, 1.165) is 5.92 Å². The first-order valence-corrected chi connectivity index (χ1v) is 8.53. The van der Waals surface area contributed by atoms with Crippen molar-refractivity contribution in [2.24, 2.45) is 5.92 Å². The van der Waals surface area contributed by atoms with Crippen LogP contribution in [0.3, 0.4) is 0 Å². The number of aryl methyl sites for hydroxylation is 1. The molecule has 1 aliphatic carbocycles. The molecule has 0 aromatic carbocycles. The van der Waals surface area contributed by atoms with Gasteiger partial charge in [-0.3, -0.25) is 0 Å². The van der Waals surface area contributed by atoms with Gasteiger partial charge in [0.15, 0.2) is 0 Å². The summed E-state index contributed by atoms with van der Waals surface area (Å²) in [7, 11) is 2.23. The fraction of sp³-hybridized carbons (Fsp3) is 0.714. The molecule has 3 rings (SSSR count). The first kappa shape index (κ1) is 13.1. The molecule has 1 aromatic rings. The van der Waals surface area contributed by atoms with Crippen LogP contribution in [0, 0.1) is 5.92 Å². The highest BCUT2D eigenvalue weighted by molar-refractivity contribution is 9.11. The number of hydrogen-bond donors (Lipinski definition) is 1. The van der Waals surface area contributed by atoms with Gasteiger partial charge in [-0.15, -0.1) is 11.3 Å². The maximum Gasteiger partial charge on any atom is 0.0704 e. The van der Waals surface area contributed by atoms with Crippen LogP contribution in [0.1, 0.15) is 35.7 Å². The fourth-order valence-corrected chi connectivity index (χ4v) is 5.05. The van der Waals surface area contributed by atoms with Crippen molar-refractivity contribution >= 4 is 27.3 Å². The molecule has 4 heteroatoms. The summed E-state index contributed by atoms with van der Waals surface area (Å²) in [6, 6.07) is 2.93. The predicted octanol–water partition coefficient (Wildman–Crippen LogP) is 3.43. The summed E-state index contributed by atoms with van der Waals surface area (Å²) >= 11 is 5.55. The lowest BCUT2D eigenvalue weighted by Crippen LogP contribution is -2.30. The molecule has 0 amide bonds. The molecule has 18 heavy (non-hydrogen) atoms. The summed E-state index contributed by atoms with van der Waals surface area (Å²) in [4.78, 5) is 4.04. The Bertz CT molecular complexity index is 418. The van der Waals surface area contributed by atoms with E-state index in [1.165, 1.54) is 49.1 Å². The second-order valence-corrected chi connectivity index (χ2v) is 8.22. The number of fused-ring (bicyclic) bond motifs is 1. The molecule has 1 fully saturated rings. The average Bonchev–Trinajstić information content (AvgIpc) is 2.91. The highest BCUT2D eigenvalue weighted by Crippen LogP contribution is 2.38. The highest BCUT2D eigenvalue weighted by atomic mass is 79.9. The minimum absolute atomic E-state index is 0.599. The number of halogens is 1. The molecular formula is C14H21BrN2S. The third-order valence-corrected chi connectivity index (χ3v) is 5.94. The SMILES string of the molecule is CN1CCC(CNC2CCCc3sc(Br)cc32)C1. The first-order chi connectivity index (χ1) is 8.72. The van der Waals surface area contributed by atoms with Gasteiger partial charge in [-0.05, 0) is 79.3 Å². The van der Waals surface area contributed by atoms with E-state index in [9.17, 15) is 0 Å². The molecular weight excluding hydrogens is 308 g/mol. The number of rotatable bonds is 3. The molecule has 2 unspecified atom stereocenters. The van der Waals surface area contributed by atoms with Gasteiger partial charge < -0.3 is 10.2 Å². The number of nitrogens with one attached hydrogen (secondary N) is 1. The normalized spacial score (nSPS) is 28.6. The molecule has 100 valence electrons. The summed E-state index contributed by atoms with van der Waals surface area (Å²) < 4.78 is 1.29.